The summed E-state index contributed by atoms with van der Waals surface area (Å²) in [5, 5.41) is 24.4. The summed E-state index contributed by atoms with van der Waals surface area (Å²) in [7, 11) is 0. The van der Waals surface area contributed by atoms with E-state index in [0.717, 1.165) is 24.5 Å². The maximum Gasteiger partial charge on any atom is 0.270 e. The lowest BCUT2D eigenvalue weighted by Gasteiger charge is -2.22. The van der Waals surface area contributed by atoms with Gasteiger partial charge < -0.3 is 4.90 Å². The third-order valence-corrected chi connectivity index (χ3v) is 5.36. The van der Waals surface area contributed by atoms with Crippen LogP contribution in [0.3, 0.4) is 0 Å². The first-order chi connectivity index (χ1) is 14.1. The summed E-state index contributed by atoms with van der Waals surface area (Å²) in [6, 6.07) is 14.9. The molecule has 3 rings (SSSR count). The second-order valence-corrected chi connectivity index (χ2v) is 7.09. The summed E-state index contributed by atoms with van der Waals surface area (Å²) in [5.41, 5.74) is 2.79. The molecule has 0 atom stereocenters. The van der Waals surface area contributed by atoms with Crippen molar-refractivity contribution >= 4 is 29.4 Å². The van der Waals surface area contributed by atoms with E-state index in [1.807, 2.05) is 32.0 Å². The molecule has 0 radical (unpaired) electrons. The predicted octanol–water partition coefficient (Wildman–Crippen LogP) is 4.21. The Labute approximate surface area is 173 Å². The van der Waals surface area contributed by atoms with E-state index < -0.39 is 4.92 Å². The van der Waals surface area contributed by atoms with Gasteiger partial charge in [0, 0.05) is 42.2 Å². The molecule has 9 heteroatoms. The number of benzene rings is 2. The van der Waals surface area contributed by atoms with Crippen molar-refractivity contribution in [1.82, 2.24) is 14.9 Å². The van der Waals surface area contributed by atoms with E-state index in [0.29, 0.717) is 10.7 Å². The van der Waals surface area contributed by atoms with Gasteiger partial charge in [0.2, 0.25) is 5.16 Å². The number of anilines is 1. The van der Waals surface area contributed by atoms with Gasteiger partial charge in [-0.3, -0.25) is 10.1 Å². The van der Waals surface area contributed by atoms with Gasteiger partial charge in [0.25, 0.3) is 5.69 Å². The first kappa shape index (κ1) is 20.5. The molecule has 0 unspecified atom stereocenters. The molecule has 0 aliphatic heterocycles. The summed E-state index contributed by atoms with van der Waals surface area (Å²) in [5.74, 6) is 0.747. The molecule has 2 aromatic carbocycles. The fourth-order valence-electron chi connectivity index (χ4n) is 2.85. The molecule has 150 valence electrons. The number of aromatic nitrogens is 3. The molecule has 0 aliphatic carbocycles. The minimum Gasteiger partial charge on any atom is -0.372 e. The molecule has 1 heterocycles. The Morgan fingerprint density at radius 1 is 1.21 bits per heavy atom. The highest BCUT2D eigenvalue weighted by Gasteiger charge is 2.13. The molecule has 0 amide bonds. The van der Waals surface area contributed by atoms with Crippen LogP contribution in [0.25, 0.3) is 0 Å². The Balaban J connectivity index is 1.85. The monoisotopic (exact) mass is 410 g/mol. The Morgan fingerprint density at radius 3 is 2.66 bits per heavy atom. The van der Waals surface area contributed by atoms with Gasteiger partial charge in [0.15, 0.2) is 0 Å². The van der Waals surface area contributed by atoms with Crippen LogP contribution in [0.4, 0.5) is 11.4 Å². The molecule has 29 heavy (non-hydrogen) atoms. The van der Waals surface area contributed by atoms with Crippen molar-refractivity contribution in [1.29, 1.82) is 0 Å². The van der Waals surface area contributed by atoms with Gasteiger partial charge in [-0.15, -0.1) is 10.2 Å². The highest BCUT2D eigenvalue weighted by atomic mass is 32.2. The molecule has 1 aromatic heterocycles. The van der Waals surface area contributed by atoms with Crippen LogP contribution in [0.5, 0.6) is 0 Å². The van der Waals surface area contributed by atoms with E-state index in [-0.39, 0.29) is 5.69 Å². The fraction of sp³-hybridized carbons (Fsp3) is 0.250. The van der Waals surface area contributed by atoms with Gasteiger partial charge in [-0.2, -0.15) is 9.78 Å². The molecule has 0 N–H and O–H groups in total. The minimum absolute atomic E-state index is 0.0322. The van der Waals surface area contributed by atoms with E-state index in [4.69, 9.17) is 0 Å². The zero-order chi connectivity index (χ0) is 20.6. The largest absolute Gasteiger partial charge is 0.372 e. The van der Waals surface area contributed by atoms with Gasteiger partial charge in [-0.25, -0.2) is 0 Å². The van der Waals surface area contributed by atoms with Crippen molar-refractivity contribution in [3.8, 4) is 0 Å². The lowest BCUT2D eigenvalue weighted by atomic mass is 10.1. The summed E-state index contributed by atoms with van der Waals surface area (Å²) < 4.78 is 1.58. The molecule has 0 saturated carbocycles. The van der Waals surface area contributed by atoms with Crippen LogP contribution in [-0.4, -0.2) is 39.1 Å². The number of nitrogens with zero attached hydrogens (tertiary/aromatic N) is 6. The van der Waals surface area contributed by atoms with Crippen molar-refractivity contribution < 1.29 is 4.92 Å². The fourth-order valence-corrected chi connectivity index (χ4v) is 3.67. The van der Waals surface area contributed by atoms with Gasteiger partial charge >= 0.3 is 0 Å². The van der Waals surface area contributed by atoms with Gasteiger partial charge in [0.05, 0.1) is 11.1 Å². The molecule has 0 aliphatic rings. The Bertz CT molecular complexity index is 986. The van der Waals surface area contributed by atoms with Crippen molar-refractivity contribution in [3.63, 3.8) is 0 Å². The first-order valence-electron chi connectivity index (χ1n) is 9.26. The number of nitro benzene ring substituents is 1. The first-order valence-corrected chi connectivity index (χ1v) is 10.3. The average Bonchev–Trinajstić information content (AvgIpc) is 3.20. The van der Waals surface area contributed by atoms with Crippen LogP contribution in [0.2, 0.25) is 0 Å². The van der Waals surface area contributed by atoms with E-state index in [2.05, 4.69) is 32.3 Å². The van der Waals surface area contributed by atoms with Crippen molar-refractivity contribution in [2.75, 3.05) is 18.0 Å². The molecular formula is C20H22N6O2S. The second-order valence-electron chi connectivity index (χ2n) is 6.15. The molecule has 0 fully saturated rings. The minimum atomic E-state index is -0.400. The third kappa shape index (κ3) is 5.20. The molecular weight excluding hydrogens is 388 g/mol. The maximum atomic E-state index is 11.2. The van der Waals surface area contributed by atoms with Crippen LogP contribution in [0.15, 0.2) is 65.1 Å². The Hall–Kier alpha value is -3.20. The van der Waals surface area contributed by atoms with Gasteiger partial charge in [-0.05, 0) is 25.5 Å². The summed E-state index contributed by atoms with van der Waals surface area (Å²) in [6.07, 6.45) is 3.15. The number of non-ortho nitro benzene ring substituents is 1. The summed E-state index contributed by atoms with van der Waals surface area (Å²) in [4.78, 5) is 12.9. The smallest absolute Gasteiger partial charge is 0.270 e. The van der Waals surface area contributed by atoms with E-state index >= 15 is 0 Å². The SMILES string of the molecule is CCN(CC)c1ccc([N+](=O)[O-])cc1C=Nn1cnnc1SCc1ccccc1. The van der Waals surface area contributed by atoms with E-state index in [1.54, 1.807) is 17.0 Å². The predicted molar refractivity (Wildman–Crippen MR) is 116 cm³/mol. The normalized spacial score (nSPS) is 11.1. The number of hydrogen-bond acceptors (Lipinski definition) is 7. The Morgan fingerprint density at radius 2 is 1.97 bits per heavy atom. The van der Waals surface area contributed by atoms with Gasteiger partial charge in [0.1, 0.15) is 6.33 Å². The van der Waals surface area contributed by atoms with E-state index in [9.17, 15) is 10.1 Å². The van der Waals surface area contributed by atoms with Crippen LogP contribution in [0, 0.1) is 10.1 Å². The standard InChI is InChI=1S/C20H22N6O2S/c1-3-24(4-2)19-11-10-18(26(27)28)12-17(19)13-22-25-15-21-23-20(25)29-14-16-8-6-5-7-9-16/h5-13,15H,3-4,14H2,1-2H3. The topological polar surface area (TPSA) is 89.5 Å². The number of thioether (sulfide) groups is 1. The highest BCUT2D eigenvalue weighted by Crippen LogP contribution is 2.25. The van der Waals surface area contributed by atoms with Gasteiger partial charge in [-0.1, -0.05) is 42.1 Å². The summed E-state index contributed by atoms with van der Waals surface area (Å²) in [6.45, 7) is 5.67. The average molecular weight is 411 g/mol. The quantitative estimate of drug-likeness (QED) is 0.227. The zero-order valence-electron chi connectivity index (χ0n) is 16.3. The molecule has 8 nitrogen and oxygen atoms in total. The second kappa shape index (κ2) is 9.83. The van der Waals surface area contributed by atoms with E-state index in [1.165, 1.54) is 35.8 Å². The van der Waals surface area contributed by atoms with Crippen molar-refractivity contribution in [2.24, 2.45) is 5.10 Å². The maximum absolute atomic E-state index is 11.2. The molecule has 0 saturated heterocycles. The lowest BCUT2D eigenvalue weighted by Crippen LogP contribution is -2.23. The van der Waals surface area contributed by atoms with Crippen LogP contribution in [0.1, 0.15) is 25.0 Å². The summed E-state index contributed by atoms with van der Waals surface area (Å²) >= 11 is 1.53. The number of rotatable bonds is 9. The van der Waals surface area contributed by atoms with Crippen LogP contribution < -0.4 is 4.90 Å². The molecule has 0 bridgehead atoms. The third-order valence-electron chi connectivity index (χ3n) is 4.36. The molecule has 3 aromatic rings. The highest BCUT2D eigenvalue weighted by molar-refractivity contribution is 7.98. The number of nitro groups is 1. The lowest BCUT2D eigenvalue weighted by molar-refractivity contribution is -0.384. The van der Waals surface area contributed by atoms with Crippen LogP contribution in [-0.2, 0) is 5.75 Å². The Kier molecular flexibility index (Phi) is 6.96. The van der Waals surface area contributed by atoms with Crippen LogP contribution >= 0.6 is 11.8 Å². The van der Waals surface area contributed by atoms with Crippen molar-refractivity contribution in [2.45, 2.75) is 24.8 Å². The molecule has 0 spiro atoms. The van der Waals surface area contributed by atoms with Crippen molar-refractivity contribution in [3.05, 3.63) is 76.1 Å². The number of hydrogen-bond donors (Lipinski definition) is 0. The zero-order valence-corrected chi connectivity index (χ0v) is 17.1.